The fraction of sp³-hybridized carbons (Fsp3) is 0.316. The molecule has 0 amide bonds. The van der Waals surface area contributed by atoms with E-state index >= 15 is 0 Å². The smallest absolute Gasteiger partial charge is 0.159 e. The Morgan fingerprint density at radius 2 is 1.92 bits per heavy atom. The molecule has 0 unspecified atom stereocenters. The van der Waals surface area contributed by atoms with Gasteiger partial charge in [-0.2, -0.15) is 0 Å². The van der Waals surface area contributed by atoms with Crippen LogP contribution in [-0.4, -0.2) is 17.5 Å². The molecular weight excluding hydrogens is 340 g/mol. The number of halogens is 1. The van der Waals surface area contributed by atoms with Gasteiger partial charge in [-0.3, -0.25) is 0 Å². The first kappa shape index (κ1) is 18.7. The summed E-state index contributed by atoms with van der Waals surface area (Å²) in [5.41, 5.74) is 8.17. The Labute approximate surface area is 153 Å². The van der Waals surface area contributed by atoms with E-state index in [1.54, 1.807) is 0 Å². The van der Waals surface area contributed by atoms with Crippen LogP contribution in [-0.2, 0) is 0 Å². The van der Waals surface area contributed by atoms with Gasteiger partial charge in [0, 0.05) is 5.75 Å². The van der Waals surface area contributed by atoms with Crippen LogP contribution >= 0.6 is 23.4 Å². The third-order valence-corrected chi connectivity index (χ3v) is 4.81. The number of amidine groups is 1. The van der Waals surface area contributed by atoms with Crippen molar-refractivity contribution >= 4 is 34.2 Å². The summed E-state index contributed by atoms with van der Waals surface area (Å²) in [6, 6.07) is 15.7. The van der Waals surface area contributed by atoms with Crippen LogP contribution in [0.2, 0.25) is 5.02 Å². The molecule has 3 nitrogen and oxygen atoms in total. The highest BCUT2D eigenvalue weighted by Gasteiger charge is 2.03. The van der Waals surface area contributed by atoms with Crippen molar-refractivity contribution in [2.75, 3.05) is 12.4 Å². The van der Waals surface area contributed by atoms with E-state index in [-0.39, 0.29) is 0 Å². The normalized spacial score (nSPS) is 12.9. The second-order valence-corrected chi connectivity index (χ2v) is 7.00. The number of nitrogens with zero attached hydrogens (tertiary/aromatic N) is 1. The highest BCUT2D eigenvalue weighted by atomic mass is 35.5. The summed E-state index contributed by atoms with van der Waals surface area (Å²) in [5.74, 6) is 1.97. The van der Waals surface area contributed by atoms with E-state index in [9.17, 15) is 0 Å². The minimum Gasteiger partial charge on any atom is -0.491 e. The lowest BCUT2D eigenvalue weighted by Crippen LogP contribution is -2.10. The summed E-state index contributed by atoms with van der Waals surface area (Å²) in [4.78, 5) is 4.42. The van der Waals surface area contributed by atoms with Crippen LogP contribution in [0.25, 0.3) is 0 Å². The van der Waals surface area contributed by atoms with Gasteiger partial charge in [-0.1, -0.05) is 61.5 Å². The molecule has 5 heteroatoms. The average molecular weight is 363 g/mol. The number of nitrogens with two attached hydrogens (primary N) is 1. The number of aliphatic imine (C=N–C) groups is 1. The fourth-order valence-electron chi connectivity index (χ4n) is 2.13. The molecule has 0 fully saturated rings. The van der Waals surface area contributed by atoms with Crippen LogP contribution in [0.3, 0.4) is 0 Å². The summed E-state index contributed by atoms with van der Waals surface area (Å²) in [7, 11) is 0. The minimum atomic E-state index is 0.525. The Hall–Kier alpha value is -1.65. The van der Waals surface area contributed by atoms with Crippen molar-refractivity contribution in [3.05, 3.63) is 59.1 Å². The van der Waals surface area contributed by atoms with E-state index in [1.807, 2.05) is 36.4 Å². The molecule has 0 aliphatic heterocycles. The van der Waals surface area contributed by atoms with Gasteiger partial charge < -0.3 is 10.5 Å². The standard InChI is InChI=1S/C19H23ClN2OS/c1-3-14(2)15-8-10-16(11-9-15)22-19(21)24-13-12-23-18-7-5-4-6-17(18)20/h4-11,14H,3,12-13H2,1-2H3,(H2,21,22)/t14-/m0/s1. The molecule has 128 valence electrons. The summed E-state index contributed by atoms with van der Waals surface area (Å²) < 4.78 is 5.63. The quantitative estimate of drug-likeness (QED) is 0.395. The molecule has 2 rings (SSSR count). The maximum absolute atomic E-state index is 6.04. The zero-order chi connectivity index (χ0) is 17.4. The van der Waals surface area contributed by atoms with Gasteiger partial charge >= 0.3 is 0 Å². The summed E-state index contributed by atoms with van der Waals surface area (Å²) in [6.45, 7) is 4.94. The monoisotopic (exact) mass is 362 g/mol. The lowest BCUT2D eigenvalue weighted by Gasteiger charge is -2.09. The highest BCUT2D eigenvalue weighted by Crippen LogP contribution is 2.24. The maximum Gasteiger partial charge on any atom is 0.159 e. The third-order valence-electron chi connectivity index (χ3n) is 3.74. The Morgan fingerprint density at radius 1 is 1.21 bits per heavy atom. The van der Waals surface area contributed by atoms with Gasteiger partial charge in [-0.25, -0.2) is 4.99 Å². The zero-order valence-electron chi connectivity index (χ0n) is 14.0. The number of rotatable bonds is 7. The number of benzene rings is 2. The predicted molar refractivity (Wildman–Crippen MR) is 106 cm³/mol. The second kappa shape index (κ2) is 9.60. The van der Waals surface area contributed by atoms with Gasteiger partial charge in [0.15, 0.2) is 5.17 Å². The Kier molecular flexibility index (Phi) is 7.47. The lowest BCUT2D eigenvalue weighted by molar-refractivity contribution is 0.344. The van der Waals surface area contributed by atoms with Crippen molar-refractivity contribution in [1.29, 1.82) is 0 Å². The van der Waals surface area contributed by atoms with E-state index in [1.165, 1.54) is 17.3 Å². The largest absolute Gasteiger partial charge is 0.491 e. The summed E-state index contributed by atoms with van der Waals surface area (Å²) in [5, 5.41) is 1.15. The first-order valence-electron chi connectivity index (χ1n) is 8.04. The van der Waals surface area contributed by atoms with Gasteiger partial charge in [-0.05, 0) is 42.2 Å². The molecule has 0 heterocycles. The Bertz CT molecular complexity index is 673. The molecule has 0 spiro atoms. The molecule has 0 bridgehead atoms. The molecular formula is C19H23ClN2OS. The summed E-state index contributed by atoms with van der Waals surface area (Å²) in [6.07, 6.45) is 1.13. The Balaban J connectivity index is 1.80. The Morgan fingerprint density at radius 3 is 2.58 bits per heavy atom. The van der Waals surface area contributed by atoms with Gasteiger partial charge in [0.05, 0.1) is 17.3 Å². The van der Waals surface area contributed by atoms with Crippen LogP contribution in [0.15, 0.2) is 53.5 Å². The van der Waals surface area contributed by atoms with Gasteiger partial charge in [-0.15, -0.1) is 0 Å². The van der Waals surface area contributed by atoms with Crippen molar-refractivity contribution in [2.45, 2.75) is 26.2 Å². The molecule has 2 aromatic carbocycles. The molecule has 0 aromatic heterocycles. The highest BCUT2D eigenvalue weighted by molar-refractivity contribution is 8.13. The van der Waals surface area contributed by atoms with Crippen LogP contribution in [0, 0.1) is 0 Å². The predicted octanol–water partition coefficient (Wildman–Crippen LogP) is 5.61. The summed E-state index contributed by atoms with van der Waals surface area (Å²) >= 11 is 7.51. The van der Waals surface area contributed by atoms with Gasteiger partial charge in [0.1, 0.15) is 5.75 Å². The van der Waals surface area contributed by atoms with Gasteiger partial charge in [0.25, 0.3) is 0 Å². The molecule has 2 N–H and O–H groups in total. The SMILES string of the molecule is CC[C@H](C)c1ccc(N=C(N)SCCOc2ccccc2Cl)cc1. The number of thioether (sulfide) groups is 1. The number of hydrogen-bond donors (Lipinski definition) is 1. The first-order chi connectivity index (χ1) is 11.6. The number of hydrogen-bond acceptors (Lipinski definition) is 3. The van der Waals surface area contributed by atoms with Crippen molar-refractivity contribution in [2.24, 2.45) is 10.7 Å². The topological polar surface area (TPSA) is 47.6 Å². The third kappa shape index (κ3) is 5.77. The average Bonchev–Trinajstić information content (AvgIpc) is 2.60. The number of ether oxygens (including phenoxy) is 1. The van der Waals surface area contributed by atoms with E-state index < -0.39 is 0 Å². The molecule has 24 heavy (non-hydrogen) atoms. The molecule has 0 saturated heterocycles. The van der Waals surface area contributed by atoms with Gasteiger partial charge in [0.2, 0.25) is 0 Å². The minimum absolute atomic E-state index is 0.525. The molecule has 1 atom stereocenters. The van der Waals surface area contributed by atoms with E-state index in [0.29, 0.717) is 34.2 Å². The first-order valence-corrected chi connectivity index (χ1v) is 9.40. The van der Waals surface area contributed by atoms with E-state index in [2.05, 4.69) is 31.0 Å². The van der Waals surface area contributed by atoms with E-state index in [0.717, 1.165) is 12.1 Å². The molecule has 0 saturated carbocycles. The maximum atomic E-state index is 6.04. The zero-order valence-corrected chi connectivity index (χ0v) is 15.6. The fourth-order valence-corrected chi connectivity index (χ4v) is 2.87. The molecule has 0 aliphatic rings. The van der Waals surface area contributed by atoms with Crippen LogP contribution in [0.5, 0.6) is 5.75 Å². The van der Waals surface area contributed by atoms with E-state index in [4.69, 9.17) is 22.1 Å². The van der Waals surface area contributed by atoms with Crippen molar-refractivity contribution in [3.63, 3.8) is 0 Å². The van der Waals surface area contributed by atoms with Crippen molar-refractivity contribution in [1.82, 2.24) is 0 Å². The second-order valence-electron chi connectivity index (χ2n) is 5.48. The molecule has 0 radical (unpaired) electrons. The van der Waals surface area contributed by atoms with Crippen LogP contribution in [0.4, 0.5) is 5.69 Å². The lowest BCUT2D eigenvalue weighted by atomic mass is 9.99. The van der Waals surface area contributed by atoms with Crippen molar-refractivity contribution < 1.29 is 4.74 Å². The van der Waals surface area contributed by atoms with Crippen LogP contribution < -0.4 is 10.5 Å². The molecule has 0 aliphatic carbocycles. The number of para-hydroxylation sites is 1. The van der Waals surface area contributed by atoms with Crippen molar-refractivity contribution in [3.8, 4) is 5.75 Å². The van der Waals surface area contributed by atoms with Crippen LogP contribution in [0.1, 0.15) is 31.7 Å². The molecule has 2 aromatic rings.